The fourth-order valence-corrected chi connectivity index (χ4v) is 4.56. The van der Waals surface area contributed by atoms with Crippen LogP contribution in [0.25, 0.3) is 0 Å². The Kier molecular flexibility index (Phi) is 7.82. The number of allylic oxidation sites excluding steroid dienone is 3. The molecular formula is C26H38N2O3. The number of ether oxygens (including phenoxy) is 1. The summed E-state index contributed by atoms with van der Waals surface area (Å²) in [6, 6.07) is 4.18. The summed E-state index contributed by atoms with van der Waals surface area (Å²) in [5.41, 5.74) is 4.08. The lowest BCUT2D eigenvalue weighted by Gasteiger charge is -2.32. The zero-order chi connectivity index (χ0) is 22.5. The van der Waals surface area contributed by atoms with Crippen molar-refractivity contribution in [3.05, 3.63) is 47.1 Å². The van der Waals surface area contributed by atoms with Gasteiger partial charge in [-0.1, -0.05) is 43.6 Å². The van der Waals surface area contributed by atoms with Gasteiger partial charge in [0.15, 0.2) is 0 Å². The first-order valence-corrected chi connectivity index (χ1v) is 11.6. The van der Waals surface area contributed by atoms with Gasteiger partial charge in [0.05, 0.1) is 0 Å². The number of unbranched alkanes of at least 4 members (excludes halogenated alkanes) is 2. The Balaban J connectivity index is 1.90. The molecule has 1 aromatic rings. The van der Waals surface area contributed by atoms with Crippen molar-refractivity contribution in [3.63, 3.8) is 0 Å². The molecule has 1 saturated heterocycles. The highest BCUT2D eigenvalue weighted by atomic mass is 16.6. The molecule has 1 aliphatic carbocycles. The van der Waals surface area contributed by atoms with E-state index in [0.717, 1.165) is 56.2 Å². The quantitative estimate of drug-likeness (QED) is 0.309. The predicted octanol–water partition coefficient (Wildman–Crippen LogP) is 5.54. The average molecular weight is 427 g/mol. The van der Waals surface area contributed by atoms with Crippen LogP contribution in [-0.2, 0) is 6.42 Å². The Morgan fingerprint density at radius 2 is 2.10 bits per heavy atom. The van der Waals surface area contributed by atoms with E-state index in [2.05, 4.69) is 36.7 Å². The number of likely N-dealkylation sites (N-methyl/N-ethyl adjacent to an activating group) is 1. The first-order chi connectivity index (χ1) is 14.8. The Bertz CT molecular complexity index is 845. The summed E-state index contributed by atoms with van der Waals surface area (Å²) < 4.78 is 5.82. The van der Waals surface area contributed by atoms with Gasteiger partial charge >= 0.3 is 6.09 Å². The normalized spacial score (nSPS) is 25.0. The van der Waals surface area contributed by atoms with E-state index in [0.29, 0.717) is 23.9 Å². The summed E-state index contributed by atoms with van der Waals surface area (Å²) in [5.74, 6) is 0.843. The molecule has 2 unspecified atom stereocenters. The van der Waals surface area contributed by atoms with Crippen molar-refractivity contribution >= 4 is 6.09 Å². The maximum absolute atomic E-state index is 12.6. The molecule has 3 rings (SSSR count). The molecule has 0 bridgehead atoms. The average Bonchev–Trinajstić information content (AvgIpc) is 3.41. The highest BCUT2D eigenvalue weighted by Crippen LogP contribution is 2.47. The molecule has 5 nitrogen and oxygen atoms in total. The molecule has 2 aliphatic rings. The number of rotatable bonds is 9. The van der Waals surface area contributed by atoms with Crippen molar-refractivity contribution in [2.75, 3.05) is 20.1 Å². The number of carbonyl (C=O) groups is 1. The van der Waals surface area contributed by atoms with Crippen LogP contribution in [0.1, 0.15) is 69.9 Å². The molecular weight excluding hydrogens is 388 g/mol. The zero-order valence-corrected chi connectivity index (χ0v) is 19.5. The van der Waals surface area contributed by atoms with Gasteiger partial charge in [-0.25, -0.2) is 4.79 Å². The van der Waals surface area contributed by atoms with Crippen LogP contribution < -0.4 is 10.1 Å². The number of aromatic hydroxyl groups is 1. The van der Waals surface area contributed by atoms with E-state index in [1.54, 1.807) is 0 Å². The molecule has 1 fully saturated rings. The van der Waals surface area contributed by atoms with Crippen LogP contribution in [-0.4, -0.2) is 42.3 Å². The molecule has 0 spiro atoms. The first kappa shape index (κ1) is 23.4. The lowest BCUT2D eigenvalue weighted by atomic mass is 9.73. The molecule has 2 N–H and O–H groups in total. The van der Waals surface area contributed by atoms with Crippen LogP contribution in [0.15, 0.2) is 35.9 Å². The number of amides is 1. The second-order valence-electron chi connectivity index (χ2n) is 9.38. The third kappa shape index (κ3) is 6.13. The number of phenolic OH excluding ortho intramolecular Hbond substituents is 1. The van der Waals surface area contributed by atoms with E-state index in [9.17, 15) is 9.90 Å². The molecule has 4 atom stereocenters. The van der Waals surface area contributed by atoms with Gasteiger partial charge in [-0.2, -0.15) is 0 Å². The SMILES string of the molecule is C=C(C)[C@@H]1CCC(C)=C[C@H]1c1c(O)cc(CCCCC)cc1OC(=O)NCC1CN1C. The lowest BCUT2D eigenvalue weighted by Crippen LogP contribution is -2.31. The molecule has 5 heteroatoms. The zero-order valence-electron chi connectivity index (χ0n) is 19.5. The highest BCUT2D eigenvalue weighted by Gasteiger charge is 2.32. The van der Waals surface area contributed by atoms with E-state index in [-0.39, 0.29) is 17.6 Å². The van der Waals surface area contributed by atoms with Crippen LogP contribution in [0, 0.1) is 5.92 Å². The fourth-order valence-electron chi connectivity index (χ4n) is 4.56. The van der Waals surface area contributed by atoms with Gasteiger partial charge in [0.2, 0.25) is 0 Å². The molecule has 1 aliphatic heterocycles. The van der Waals surface area contributed by atoms with Crippen LogP contribution >= 0.6 is 0 Å². The van der Waals surface area contributed by atoms with Crippen LogP contribution in [0.5, 0.6) is 11.5 Å². The molecule has 1 aromatic carbocycles. The van der Waals surface area contributed by atoms with Crippen LogP contribution in [0.4, 0.5) is 4.79 Å². The lowest BCUT2D eigenvalue weighted by molar-refractivity contribution is 0.199. The minimum absolute atomic E-state index is 0.0479. The molecule has 31 heavy (non-hydrogen) atoms. The predicted molar refractivity (Wildman–Crippen MR) is 126 cm³/mol. The molecule has 0 radical (unpaired) electrons. The summed E-state index contributed by atoms with van der Waals surface area (Å²) in [6.07, 6.45) is 7.93. The molecule has 1 amide bonds. The monoisotopic (exact) mass is 426 g/mol. The Labute approximate surface area is 187 Å². The molecule has 1 heterocycles. The van der Waals surface area contributed by atoms with E-state index < -0.39 is 6.09 Å². The van der Waals surface area contributed by atoms with Gasteiger partial charge in [0.1, 0.15) is 11.5 Å². The van der Waals surface area contributed by atoms with Gasteiger partial charge in [-0.05, 0) is 70.2 Å². The maximum atomic E-state index is 12.6. The minimum atomic E-state index is -0.463. The fraction of sp³-hybridized carbons (Fsp3) is 0.577. The third-order valence-corrected chi connectivity index (χ3v) is 6.64. The largest absolute Gasteiger partial charge is 0.507 e. The summed E-state index contributed by atoms with van der Waals surface area (Å²) in [5, 5.41) is 13.9. The minimum Gasteiger partial charge on any atom is -0.507 e. The number of aryl methyl sites for hydroxylation is 1. The number of nitrogens with one attached hydrogen (secondary N) is 1. The third-order valence-electron chi connectivity index (χ3n) is 6.64. The van der Waals surface area contributed by atoms with E-state index in [1.165, 1.54) is 5.57 Å². The van der Waals surface area contributed by atoms with Gasteiger partial charge in [0.25, 0.3) is 0 Å². The van der Waals surface area contributed by atoms with Crippen molar-refractivity contribution in [2.24, 2.45) is 5.92 Å². The first-order valence-electron chi connectivity index (χ1n) is 11.6. The summed E-state index contributed by atoms with van der Waals surface area (Å²) >= 11 is 0. The molecule has 170 valence electrons. The second kappa shape index (κ2) is 10.4. The van der Waals surface area contributed by atoms with Gasteiger partial charge in [0, 0.05) is 30.6 Å². The number of hydrogen-bond donors (Lipinski definition) is 2. The molecule has 0 saturated carbocycles. The van der Waals surface area contributed by atoms with Crippen molar-refractivity contribution in [3.8, 4) is 11.5 Å². The summed E-state index contributed by atoms with van der Waals surface area (Å²) in [7, 11) is 2.03. The van der Waals surface area contributed by atoms with E-state index in [4.69, 9.17) is 4.74 Å². The number of hydrogen-bond acceptors (Lipinski definition) is 4. The van der Waals surface area contributed by atoms with Gasteiger partial charge < -0.3 is 15.2 Å². The molecule has 0 aromatic heterocycles. The Morgan fingerprint density at radius 3 is 2.74 bits per heavy atom. The summed E-state index contributed by atoms with van der Waals surface area (Å²) in [6.45, 7) is 12.1. The van der Waals surface area contributed by atoms with Crippen molar-refractivity contribution in [1.82, 2.24) is 10.2 Å². The van der Waals surface area contributed by atoms with Gasteiger partial charge in [-0.15, -0.1) is 0 Å². The summed E-state index contributed by atoms with van der Waals surface area (Å²) in [4.78, 5) is 14.7. The smallest absolute Gasteiger partial charge is 0.412 e. The van der Waals surface area contributed by atoms with Crippen LogP contribution in [0.2, 0.25) is 0 Å². The number of nitrogens with zero attached hydrogens (tertiary/aromatic N) is 1. The van der Waals surface area contributed by atoms with E-state index in [1.807, 2.05) is 26.1 Å². The van der Waals surface area contributed by atoms with Crippen molar-refractivity contribution in [1.29, 1.82) is 0 Å². The van der Waals surface area contributed by atoms with E-state index >= 15 is 0 Å². The number of phenols is 1. The van der Waals surface area contributed by atoms with Gasteiger partial charge in [-0.3, -0.25) is 4.90 Å². The Hall–Kier alpha value is -2.27. The van der Waals surface area contributed by atoms with Crippen molar-refractivity contribution < 1.29 is 14.6 Å². The van der Waals surface area contributed by atoms with Crippen molar-refractivity contribution in [2.45, 2.75) is 71.3 Å². The number of carbonyl (C=O) groups excluding carboxylic acids is 1. The maximum Gasteiger partial charge on any atom is 0.412 e. The second-order valence-corrected chi connectivity index (χ2v) is 9.38. The number of benzene rings is 1. The topological polar surface area (TPSA) is 61.6 Å². The van der Waals surface area contributed by atoms with Crippen LogP contribution in [0.3, 0.4) is 0 Å². The Morgan fingerprint density at radius 1 is 1.35 bits per heavy atom. The highest BCUT2D eigenvalue weighted by molar-refractivity contribution is 5.72. The standard InChI is InChI=1S/C26H38N2O3/c1-6-7-8-9-19-13-23(29)25(22-12-18(4)10-11-21(22)17(2)3)24(14-19)31-26(30)27-15-20-16-28(20)5/h12-14,20-22,29H,2,6-11,15-16H2,1,3-5H3,(H,27,30)/t20?,21-,22+,28?/m0/s1.